The number of hydrogen-bond acceptors (Lipinski definition) is 6. The van der Waals surface area contributed by atoms with Crippen LogP contribution in [0.5, 0.6) is 0 Å². The van der Waals surface area contributed by atoms with Gasteiger partial charge in [-0.1, -0.05) is 48.5 Å². The van der Waals surface area contributed by atoms with E-state index in [9.17, 15) is 15.3 Å². The number of fused-ring (bicyclic) bond motifs is 2. The van der Waals surface area contributed by atoms with Gasteiger partial charge in [0.1, 0.15) is 23.9 Å². The molecule has 0 aliphatic heterocycles. The van der Waals surface area contributed by atoms with E-state index in [2.05, 4.69) is 15.3 Å². The van der Waals surface area contributed by atoms with Crippen LogP contribution in [0.25, 0.3) is 22.2 Å². The van der Waals surface area contributed by atoms with Crippen LogP contribution >= 0.6 is 0 Å². The largest absolute Gasteiger partial charge is 0.396 e. The minimum Gasteiger partial charge on any atom is -0.396 e. The minimum atomic E-state index is -0.972. The molecule has 4 aromatic rings. The summed E-state index contributed by atoms with van der Waals surface area (Å²) in [7, 11) is 0. The molecule has 2 aromatic carbocycles. The predicted molar refractivity (Wildman–Crippen MR) is 121 cm³/mol. The van der Waals surface area contributed by atoms with Gasteiger partial charge in [0.2, 0.25) is 0 Å². The van der Waals surface area contributed by atoms with Crippen LogP contribution in [0.3, 0.4) is 0 Å². The van der Waals surface area contributed by atoms with Crippen LogP contribution in [0.1, 0.15) is 12.5 Å². The van der Waals surface area contributed by atoms with Crippen LogP contribution in [0, 0.1) is 11.3 Å². The molecule has 2 fully saturated rings. The minimum absolute atomic E-state index is 0.00257. The second kappa shape index (κ2) is 7.13. The maximum absolute atomic E-state index is 10.9. The first kappa shape index (κ1) is 19.4. The fourth-order valence-corrected chi connectivity index (χ4v) is 5.45. The molecule has 32 heavy (non-hydrogen) atoms. The lowest BCUT2D eigenvalue weighted by Crippen LogP contribution is -2.35. The van der Waals surface area contributed by atoms with Crippen LogP contribution in [0.15, 0.2) is 73.2 Å². The molecule has 6 rings (SSSR count). The van der Waals surface area contributed by atoms with Gasteiger partial charge in [0.15, 0.2) is 0 Å². The lowest BCUT2D eigenvalue weighted by Gasteiger charge is -2.24. The Bertz CT molecular complexity index is 1280. The van der Waals surface area contributed by atoms with Crippen LogP contribution in [-0.2, 0) is 0 Å². The van der Waals surface area contributed by atoms with E-state index >= 15 is 0 Å². The van der Waals surface area contributed by atoms with Gasteiger partial charge in [-0.05, 0) is 30.0 Å². The fraction of sp³-hybridized carbons (Fsp3) is 0.280. The summed E-state index contributed by atoms with van der Waals surface area (Å²) in [6.07, 6.45) is 2.28. The van der Waals surface area contributed by atoms with Crippen LogP contribution in [0.4, 0.5) is 11.5 Å². The van der Waals surface area contributed by atoms with Gasteiger partial charge in [0, 0.05) is 22.9 Å². The lowest BCUT2D eigenvalue weighted by atomic mass is 10.0. The molecule has 0 spiro atoms. The third kappa shape index (κ3) is 2.72. The maximum Gasteiger partial charge on any atom is 0.146 e. The van der Waals surface area contributed by atoms with Gasteiger partial charge < -0.3 is 25.2 Å². The number of nitrogens with one attached hydrogen (secondary N) is 1. The summed E-state index contributed by atoms with van der Waals surface area (Å²) in [4.78, 5) is 9.13. The molecule has 2 aromatic heterocycles. The van der Waals surface area contributed by atoms with E-state index in [1.807, 2.05) is 71.4 Å². The number of aliphatic hydroxyl groups is 3. The van der Waals surface area contributed by atoms with Gasteiger partial charge >= 0.3 is 0 Å². The van der Waals surface area contributed by atoms with Gasteiger partial charge in [-0.3, -0.25) is 0 Å². The predicted octanol–water partition coefficient (Wildman–Crippen LogP) is 3.12. The van der Waals surface area contributed by atoms with Gasteiger partial charge in [0.05, 0.1) is 24.1 Å². The summed E-state index contributed by atoms with van der Waals surface area (Å²) in [6, 6.07) is 19.5. The molecule has 0 unspecified atom stereocenters. The standard InChI is InChI=1S/C25H24N4O3/c30-13-25-11-18(25)20(21(31)22(25)32)29-12-17(15-7-3-1-4-8-15)19-23(26-14-27-24(19)29)28-16-9-5-2-6-10-16/h1-10,12,14,18,20-22,30-32H,11,13H2,(H,26,27,28)/t18-,20-,21-,22-,25+/m1/s1. The molecule has 4 N–H and O–H groups in total. The highest BCUT2D eigenvalue weighted by molar-refractivity contribution is 6.02. The Morgan fingerprint density at radius 1 is 1.00 bits per heavy atom. The highest BCUT2D eigenvalue weighted by Gasteiger charge is 2.71. The number of nitrogens with zero attached hydrogens (tertiary/aromatic N) is 3. The molecule has 5 atom stereocenters. The molecular formula is C25H24N4O3. The lowest BCUT2D eigenvalue weighted by molar-refractivity contribution is -0.0300. The Balaban J connectivity index is 1.55. The highest BCUT2D eigenvalue weighted by Crippen LogP contribution is 2.67. The van der Waals surface area contributed by atoms with Crippen LogP contribution in [0.2, 0.25) is 0 Å². The van der Waals surface area contributed by atoms with E-state index < -0.39 is 17.6 Å². The highest BCUT2D eigenvalue weighted by atomic mass is 16.3. The van der Waals surface area contributed by atoms with E-state index in [-0.39, 0.29) is 18.6 Å². The van der Waals surface area contributed by atoms with Crippen molar-refractivity contribution in [2.75, 3.05) is 11.9 Å². The van der Waals surface area contributed by atoms with Crippen molar-refractivity contribution in [2.24, 2.45) is 11.3 Å². The van der Waals surface area contributed by atoms with Crippen LogP contribution < -0.4 is 5.32 Å². The molecule has 2 heterocycles. The van der Waals surface area contributed by atoms with E-state index in [4.69, 9.17) is 0 Å². The zero-order valence-corrected chi connectivity index (χ0v) is 17.3. The molecule has 2 aliphatic rings. The molecule has 7 nitrogen and oxygen atoms in total. The molecule has 2 saturated carbocycles. The van der Waals surface area contributed by atoms with Crippen molar-refractivity contribution in [1.29, 1.82) is 0 Å². The fourth-order valence-electron chi connectivity index (χ4n) is 5.45. The number of anilines is 2. The molecule has 162 valence electrons. The van der Waals surface area contributed by atoms with Gasteiger partial charge in [-0.15, -0.1) is 0 Å². The third-order valence-electron chi connectivity index (χ3n) is 7.20. The average Bonchev–Trinajstić information content (AvgIpc) is 3.38. The molecule has 0 bridgehead atoms. The number of aliphatic hydroxyl groups excluding tert-OH is 3. The zero-order chi connectivity index (χ0) is 21.9. The van der Waals surface area contributed by atoms with Crippen molar-refractivity contribution >= 4 is 22.5 Å². The number of benzene rings is 2. The SMILES string of the molecule is OC[C@@]12C[C@@H]1[C@@H](n1cc(-c3ccccc3)c3c(Nc4ccccc4)ncnc31)[C@@H](O)[C@H]2O. The van der Waals surface area contributed by atoms with E-state index in [1.165, 1.54) is 6.33 Å². The first-order valence-electron chi connectivity index (χ1n) is 10.8. The normalized spacial score (nSPS) is 28.6. The second-order valence-corrected chi connectivity index (χ2v) is 8.86. The molecule has 7 heteroatoms. The summed E-state index contributed by atoms with van der Waals surface area (Å²) in [5.41, 5.74) is 2.94. The van der Waals surface area contributed by atoms with Crippen LogP contribution in [-0.4, -0.2) is 48.7 Å². The molecule has 2 aliphatic carbocycles. The van der Waals surface area contributed by atoms with Gasteiger partial charge in [0.25, 0.3) is 0 Å². The van der Waals surface area contributed by atoms with E-state index in [0.29, 0.717) is 17.9 Å². The van der Waals surface area contributed by atoms with Crippen molar-refractivity contribution in [2.45, 2.75) is 24.7 Å². The summed E-state index contributed by atoms with van der Waals surface area (Å²) in [5, 5.41) is 35.7. The molecular weight excluding hydrogens is 404 g/mol. The number of hydrogen-bond donors (Lipinski definition) is 4. The Labute approximate surface area is 185 Å². The summed E-state index contributed by atoms with van der Waals surface area (Å²) < 4.78 is 1.97. The van der Waals surface area contributed by atoms with E-state index in [1.54, 1.807) is 0 Å². The first-order chi connectivity index (χ1) is 15.6. The number of aromatic nitrogens is 3. The van der Waals surface area contributed by atoms with E-state index in [0.717, 1.165) is 22.2 Å². The van der Waals surface area contributed by atoms with Crippen molar-refractivity contribution < 1.29 is 15.3 Å². The first-order valence-corrected chi connectivity index (χ1v) is 10.8. The quantitative estimate of drug-likeness (QED) is 0.390. The molecule has 0 amide bonds. The monoisotopic (exact) mass is 428 g/mol. The smallest absolute Gasteiger partial charge is 0.146 e. The van der Waals surface area contributed by atoms with Crippen molar-refractivity contribution in [1.82, 2.24) is 14.5 Å². The molecule has 0 radical (unpaired) electrons. The second-order valence-electron chi connectivity index (χ2n) is 8.86. The Morgan fingerprint density at radius 2 is 1.72 bits per heavy atom. The van der Waals surface area contributed by atoms with Crippen molar-refractivity contribution in [3.05, 3.63) is 73.2 Å². The Morgan fingerprint density at radius 3 is 2.41 bits per heavy atom. The topological polar surface area (TPSA) is 103 Å². The average molecular weight is 428 g/mol. The Hall–Kier alpha value is -3.26. The number of rotatable bonds is 5. The summed E-state index contributed by atoms with van der Waals surface area (Å²) in [5.74, 6) is 0.674. The van der Waals surface area contributed by atoms with Gasteiger partial charge in [-0.25, -0.2) is 9.97 Å². The Kier molecular flexibility index (Phi) is 4.33. The number of para-hydroxylation sites is 1. The maximum atomic E-state index is 10.9. The molecule has 0 saturated heterocycles. The summed E-state index contributed by atoms with van der Waals surface area (Å²) in [6.45, 7) is -0.132. The third-order valence-corrected chi connectivity index (χ3v) is 7.20. The zero-order valence-electron chi connectivity index (χ0n) is 17.3. The van der Waals surface area contributed by atoms with Crippen molar-refractivity contribution in [3.8, 4) is 11.1 Å². The van der Waals surface area contributed by atoms with Crippen molar-refractivity contribution in [3.63, 3.8) is 0 Å². The van der Waals surface area contributed by atoms with Gasteiger partial charge in [-0.2, -0.15) is 0 Å². The summed E-state index contributed by atoms with van der Waals surface area (Å²) >= 11 is 0.